The van der Waals surface area contributed by atoms with Crippen molar-refractivity contribution in [3.8, 4) is 11.4 Å². The van der Waals surface area contributed by atoms with Gasteiger partial charge in [0.15, 0.2) is 5.82 Å². The summed E-state index contributed by atoms with van der Waals surface area (Å²) in [6.07, 6.45) is -3.72. The fourth-order valence-corrected chi connectivity index (χ4v) is 3.61. The largest absolute Gasteiger partial charge is 0.417 e. The van der Waals surface area contributed by atoms with Crippen LogP contribution >= 0.6 is 0 Å². The van der Waals surface area contributed by atoms with Crippen molar-refractivity contribution in [1.82, 2.24) is 9.97 Å². The van der Waals surface area contributed by atoms with E-state index in [1.54, 1.807) is 30.3 Å². The number of benzene rings is 3. The quantitative estimate of drug-likeness (QED) is 0.280. The molecule has 1 heterocycles. The Morgan fingerprint density at radius 1 is 0.971 bits per heavy atom. The van der Waals surface area contributed by atoms with E-state index in [9.17, 15) is 17.6 Å². The normalized spacial score (nSPS) is 11.4. The minimum Gasteiger partial charge on any atom is -0.384 e. The van der Waals surface area contributed by atoms with Gasteiger partial charge in [-0.25, -0.2) is 14.4 Å². The summed E-state index contributed by atoms with van der Waals surface area (Å²) in [5, 5.41) is 6.90. The lowest BCUT2D eigenvalue weighted by Gasteiger charge is -2.17. The van der Waals surface area contributed by atoms with E-state index >= 15 is 0 Å². The lowest BCUT2D eigenvalue weighted by molar-refractivity contribution is -0.137. The van der Waals surface area contributed by atoms with Gasteiger partial charge in [0.25, 0.3) is 0 Å². The standard InChI is InChI=1S/C26H22F4N4/c1-3-14-31-23-15-17(27)12-13-18(23)16(2)32-25-20-9-5-7-11-22(20)33-24(34-25)19-8-4-6-10-21(19)26(28,29)30/h4-13,15,31H,2-3,14H2,1H3,(H,32,33,34). The topological polar surface area (TPSA) is 49.8 Å². The van der Waals surface area contributed by atoms with E-state index in [0.717, 1.165) is 12.5 Å². The predicted molar refractivity (Wildman–Crippen MR) is 128 cm³/mol. The maximum Gasteiger partial charge on any atom is 0.417 e. The zero-order valence-corrected chi connectivity index (χ0v) is 18.4. The molecule has 0 atom stereocenters. The van der Waals surface area contributed by atoms with Gasteiger partial charge >= 0.3 is 6.18 Å². The van der Waals surface area contributed by atoms with Crippen LogP contribution < -0.4 is 10.6 Å². The van der Waals surface area contributed by atoms with Crippen LogP contribution in [-0.4, -0.2) is 16.5 Å². The van der Waals surface area contributed by atoms with Crippen molar-refractivity contribution in [1.29, 1.82) is 0 Å². The molecule has 0 spiro atoms. The number of aromatic nitrogens is 2. The number of alkyl halides is 3. The van der Waals surface area contributed by atoms with Crippen molar-refractivity contribution in [2.75, 3.05) is 17.2 Å². The van der Waals surface area contributed by atoms with Crippen molar-refractivity contribution in [3.63, 3.8) is 0 Å². The fraction of sp³-hybridized carbons (Fsp3) is 0.154. The average molecular weight is 466 g/mol. The van der Waals surface area contributed by atoms with Crippen LogP contribution in [0, 0.1) is 5.82 Å². The van der Waals surface area contributed by atoms with Crippen molar-refractivity contribution >= 4 is 28.1 Å². The summed E-state index contributed by atoms with van der Waals surface area (Å²) in [6, 6.07) is 16.5. The number of halogens is 4. The van der Waals surface area contributed by atoms with E-state index in [4.69, 9.17) is 0 Å². The first-order valence-corrected chi connectivity index (χ1v) is 10.7. The molecule has 0 aliphatic carbocycles. The van der Waals surface area contributed by atoms with Crippen LogP contribution in [0.15, 0.2) is 73.3 Å². The first-order valence-electron chi connectivity index (χ1n) is 10.7. The van der Waals surface area contributed by atoms with E-state index < -0.39 is 17.6 Å². The number of hydrogen-bond donors (Lipinski definition) is 2. The second-order valence-electron chi connectivity index (χ2n) is 7.68. The highest BCUT2D eigenvalue weighted by Crippen LogP contribution is 2.37. The summed E-state index contributed by atoms with van der Waals surface area (Å²) in [4.78, 5) is 8.83. The lowest BCUT2D eigenvalue weighted by Crippen LogP contribution is -2.10. The fourth-order valence-electron chi connectivity index (χ4n) is 3.61. The molecule has 0 amide bonds. The number of hydrogen-bond acceptors (Lipinski definition) is 4. The molecule has 0 fully saturated rings. The Kier molecular flexibility index (Phi) is 6.49. The maximum atomic E-state index is 13.8. The monoisotopic (exact) mass is 466 g/mol. The summed E-state index contributed by atoms with van der Waals surface area (Å²) in [7, 11) is 0. The molecule has 2 N–H and O–H groups in total. The van der Waals surface area contributed by atoms with E-state index in [1.807, 2.05) is 6.92 Å². The predicted octanol–water partition coefficient (Wildman–Crippen LogP) is 7.36. The molecule has 0 unspecified atom stereocenters. The molecule has 4 nitrogen and oxygen atoms in total. The summed E-state index contributed by atoms with van der Waals surface area (Å²) >= 11 is 0. The highest BCUT2D eigenvalue weighted by Gasteiger charge is 2.34. The molecule has 3 aromatic carbocycles. The van der Waals surface area contributed by atoms with E-state index in [0.29, 0.717) is 40.2 Å². The number of anilines is 2. The SMILES string of the molecule is C=C(Nc1nc(-c2ccccc2C(F)(F)F)nc2ccccc12)c1ccc(F)cc1NCCC. The molecule has 4 rings (SSSR count). The summed E-state index contributed by atoms with van der Waals surface area (Å²) in [5.74, 6) is -0.160. The molecule has 1 aromatic heterocycles. The van der Waals surface area contributed by atoms with Gasteiger partial charge in [0.1, 0.15) is 11.6 Å². The van der Waals surface area contributed by atoms with Crippen LogP contribution in [-0.2, 0) is 6.18 Å². The first-order chi connectivity index (χ1) is 16.3. The third kappa shape index (κ3) is 4.85. The number of para-hydroxylation sites is 1. The van der Waals surface area contributed by atoms with Gasteiger partial charge < -0.3 is 10.6 Å². The van der Waals surface area contributed by atoms with Gasteiger partial charge in [-0.3, -0.25) is 0 Å². The molecule has 0 aliphatic heterocycles. The van der Waals surface area contributed by atoms with Crippen molar-refractivity contribution < 1.29 is 17.6 Å². The van der Waals surface area contributed by atoms with Crippen LogP contribution in [0.1, 0.15) is 24.5 Å². The van der Waals surface area contributed by atoms with Gasteiger partial charge in [-0.15, -0.1) is 0 Å². The van der Waals surface area contributed by atoms with Crippen molar-refractivity contribution in [2.45, 2.75) is 19.5 Å². The van der Waals surface area contributed by atoms with Crippen LogP contribution in [0.25, 0.3) is 28.0 Å². The highest BCUT2D eigenvalue weighted by molar-refractivity contribution is 5.95. The Labute approximate surface area is 194 Å². The first kappa shape index (κ1) is 23.2. The zero-order chi connectivity index (χ0) is 24.3. The minimum atomic E-state index is -4.56. The molecule has 0 saturated heterocycles. The van der Waals surface area contributed by atoms with Crippen LogP contribution in [0.3, 0.4) is 0 Å². The van der Waals surface area contributed by atoms with Gasteiger partial charge in [0, 0.05) is 34.4 Å². The molecule has 34 heavy (non-hydrogen) atoms. The summed E-state index contributed by atoms with van der Waals surface area (Å²) in [6.45, 7) is 6.70. The van der Waals surface area contributed by atoms with Crippen LogP contribution in [0.4, 0.5) is 29.1 Å². The zero-order valence-electron chi connectivity index (χ0n) is 18.4. The molecule has 0 bridgehead atoms. The van der Waals surface area contributed by atoms with Crippen LogP contribution in [0.2, 0.25) is 0 Å². The van der Waals surface area contributed by atoms with E-state index in [2.05, 4.69) is 27.2 Å². The summed E-state index contributed by atoms with van der Waals surface area (Å²) in [5.41, 5.74) is 1.12. The molecular weight excluding hydrogens is 444 g/mol. The van der Waals surface area contributed by atoms with Crippen molar-refractivity contribution in [2.24, 2.45) is 0 Å². The van der Waals surface area contributed by atoms with Gasteiger partial charge in [0.2, 0.25) is 0 Å². The number of nitrogens with zero attached hydrogens (tertiary/aromatic N) is 2. The summed E-state index contributed by atoms with van der Waals surface area (Å²) < 4.78 is 54.8. The van der Waals surface area contributed by atoms with Crippen LogP contribution in [0.5, 0.6) is 0 Å². The van der Waals surface area contributed by atoms with Crippen molar-refractivity contribution in [3.05, 3.63) is 90.3 Å². The smallest absolute Gasteiger partial charge is 0.384 e. The molecular formula is C26H22F4N4. The van der Waals surface area contributed by atoms with E-state index in [1.165, 1.54) is 30.3 Å². The van der Waals surface area contributed by atoms with Gasteiger partial charge in [-0.05, 0) is 42.8 Å². The Hall–Kier alpha value is -3.94. The Bertz CT molecular complexity index is 1350. The second-order valence-corrected chi connectivity index (χ2v) is 7.68. The Morgan fingerprint density at radius 3 is 2.47 bits per heavy atom. The van der Waals surface area contributed by atoms with Gasteiger partial charge in [0.05, 0.1) is 11.1 Å². The second kappa shape index (κ2) is 9.51. The number of rotatable bonds is 7. The maximum absolute atomic E-state index is 13.8. The average Bonchev–Trinajstić information content (AvgIpc) is 2.82. The molecule has 0 aliphatic rings. The lowest BCUT2D eigenvalue weighted by atomic mass is 10.1. The molecule has 0 radical (unpaired) electrons. The Balaban J connectivity index is 1.80. The minimum absolute atomic E-state index is 0.0645. The third-order valence-electron chi connectivity index (χ3n) is 5.22. The molecule has 4 aromatic rings. The third-order valence-corrected chi connectivity index (χ3v) is 5.22. The Morgan fingerprint density at radius 2 is 1.71 bits per heavy atom. The number of nitrogens with one attached hydrogen (secondary N) is 2. The molecule has 0 saturated carbocycles. The molecule has 8 heteroatoms. The van der Waals surface area contributed by atoms with Gasteiger partial charge in [-0.1, -0.05) is 43.8 Å². The van der Waals surface area contributed by atoms with Gasteiger partial charge in [-0.2, -0.15) is 13.2 Å². The number of fused-ring (bicyclic) bond motifs is 1. The molecule has 174 valence electrons. The highest BCUT2D eigenvalue weighted by atomic mass is 19.4. The van der Waals surface area contributed by atoms with E-state index in [-0.39, 0.29) is 11.4 Å².